The predicted octanol–water partition coefficient (Wildman–Crippen LogP) is 0.722. The molecule has 1 unspecified atom stereocenters. The number of hydrogen-bond donors (Lipinski definition) is 2. The molecule has 0 fully saturated rings. The quantitative estimate of drug-likeness (QED) is 0.683. The number of nitrogens with one attached hydrogen (secondary N) is 1. The smallest absolute Gasteiger partial charge is 0.215 e. The van der Waals surface area contributed by atoms with E-state index in [9.17, 15) is 8.42 Å². The number of sulfonamides is 1. The summed E-state index contributed by atoms with van der Waals surface area (Å²) in [5.41, 5.74) is 5.32. The van der Waals surface area contributed by atoms with E-state index >= 15 is 0 Å². The van der Waals surface area contributed by atoms with Crippen LogP contribution in [-0.2, 0) is 10.0 Å². The Morgan fingerprint density at radius 1 is 1.33 bits per heavy atom. The largest absolute Gasteiger partial charge is 0.494 e. The van der Waals surface area contributed by atoms with Crippen molar-refractivity contribution in [2.24, 2.45) is 5.73 Å². The molecule has 5 nitrogen and oxygen atoms in total. The van der Waals surface area contributed by atoms with Gasteiger partial charge < -0.3 is 10.5 Å². The summed E-state index contributed by atoms with van der Waals surface area (Å²) >= 11 is 0. The molecule has 18 heavy (non-hydrogen) atoms. The van der Waals surface area contributed by atoms with Gasteiger partial charge in [0, 0.05) is 13.1 Å². The number of nitrogens with two attached hydrogens (primary N) is 1. The molecule has 0 saturated carbocycles. The van der Waals surface area contributed by atoms with Crippen molar-refractivity contribution in [3.05, 3.63) is 30.3 Å². The van der Waals surface area contributed by atoms with Crippen LogP contribution in [0.4, 0.5) is 0 Å². The first-order chi connectivity index (χ1) is 8.56. The second kappa shape index (κ2) is 7.35. The van der Waals surface area contributed by atoms with Gasteiger partial charge in [0.25, 0.3) is 0 Å². The molecule has 0 aliphatic carbocycles. The fraction of sp³-hybridized carbons (Fsp3) is 0.500. The third-order valence-electron chi connectivity index (χ3n) is 2.50. The Balaban J connectivity index is 2.20. The van der Waals surface area contributed by atoms with Gasteiger partial charge in [-0.1, -0.05) is 18.2 Å². The highest BCUT2D eigenvalue weighted by Gasteiger charge is 2.17. The molecule has 0 spiro atoms. The molecule has 0 bridgehead atoms. The summed E-state index contributed by atoms with van der Waals surface area (Å²) < 4.78 is 31.1. The average Bonchev–Trinajstić information content (AvgIpc) is 2.38. The summed E-state index contributed by atoms with van der Waals surface area (Å²) in [5.74, 6) is 0.788. The molecule has 6 heteroatoms. The Kier molecular flexibility index (Phi) is 6.11. The molecule has 1 aromatic carbocycles. The lowest BCUT2D eigenvalue weighted by atomic mass is 10.3. The summed E-state index contributed by atoms with van der Waals surface area (Å²) in [4.78, 5) is 0. The number of ether oxygens (including phenoxy) is 1. The molecular formula is C12H20N2O3S. The second-order valence-electron chi connectivity index (χ2n) is 4.00. The van der Waals surface area contributed by atoms with Gasteiger partial charge >= 0.3 is 0 Å². The Labute approximate surface area is 108 Å². The molecule has 3 N–H and O–H groups in total. The fourth-order valence-electron chi connectivity index (χ4n) is 1.26. The summed E-state index contributed by atoms with van der Waals surface area (Å²) in [6, 6.07) is 9.42. The van der Waals surface area contributed by atoms with Crippen LogP contribution in [0.1, 0.15) is 13.3 Å². The third-order valence-corrected chi connectivity index (χ3v) is 4.36. The van der Waals surface area contributed by atoms with Crippen molar-refractivity contribution in [2.75, 3.05) is 19.7 Å². The fourth-order valence-corrected chi connectivity index (χ4v) is 2.23. The molecule has 0 aliphatic rings. The van der Waals surface area contributed by atoms with Gasteiger partial charge in [-0.3, -0.25) is 0 Å². The Morgan fingerprint density at radius 2 is 2.00 bits per heavy atom. The van der Waals surface area contributed by atoms with E-state index in [1.807, 2.05) is 30.3 Å². The molecule has 1 atom stereocenters. The zero-order valence-electron chi connectivity index (χ0n) is 10.5. The van der Waals surface area contributed by atoms with Crippen LogP contribution in [0.3, 0.4) is 0 Å². The monoisotopic (exact) mass is 272 g/mol. The number of benzene rings is 1. The first-order valence-corrected chi connectivity index (χ1v) is 7.47. The van der Waals surface area contributed by atoms with E-state index in [2.05, 4.69) is 4.72 Å². The standard InChI is InChI=1S/C12H20N2O3S/c1-11(10-13)18(15,16)14-8-5-9-17-12-6-3-2-4-7-12/h2-4,6-7,11,14H,5,8-10,13H2,1H3. The highest BCUT2D eigenvalue weighted by Crippen LogP contribution is 2.08. The summed E-state index contributed by atoms with van der Waals surface area (Å²) in [6.45, 7) is 2.54. The van der Waals surface area contributed by atoms with E-state index in [1.54, 1.807) is 6.92 Å². The van der Waals surface area contributed by atoms with Crippen molar-refractivity contribution < 1.29 is 13.2 Å². The summed E-state index contributed by atoms with van der Waals surface area (Å²) in [5, 5.41) is -0.562. The lowest BCUT2D eigenvalue weighted by Gasteiger charge is -2.12. The maximum absolute atomic E-state index is 11.6. The minimum absolute atomic E-state index is 0.121. The molecule has 0 radical (unpaired) electrons. The molecule has 1 aromatic rings. The SMILES string of the molecule is CC(CN)S(=O)(=O)NCCCOc1ccccc1. The van der Waals surface area contributed by atoms with Crippen LogP contribution in [-0.4, -0.2) is 33.4 Å². The van der Waals surface area contributed by atoms with E-state index < -0.39 is 15.3 Å². The van der Waals surface area contributed by atoms with Gasteiger partial charge in [0.05, 0.1) is 11.9 Å². The summed E-state index contributed by atoms with van der Waals surface area (Å²) in [7, 11) is -3.29. The normalized spacial score (nSPS) is 13.2. The van der Waals surface area contributed by atoms with Gasteiger partial charge in [-0.05, 0) is 25.5 Å². The molecular weight excluding hydrogens is 252 g/mol. The number of para-hydroxylation sites is 1. The molecule has 0 heterocycles. The first-order valence-electron chi connectivity index (χ1n) is 5.92. The molecule has 102 valence electrons. The van der Waals surface area contributed by atoms with E-state index in [1.165, 1.54) is 0 Å². The van der Waals surface area contributed by atoms with Crippen LogP contribution in [0.25, 0.3) is 0 Å². The molecule has 0 aliphatic heterocycles. The van der Waals surface area contributed by atoms with Gasteiger partial charge in [-0.15, -0.1) is 0 Å². The van der Waals surface area contributed by atoms with Crippen LogP contribution in [0.2, 0.25) is 0 Å². The molecule has 0 saturated heterocycles. The average molecular weight is 272 g/mol. The lowest BCUT2D eigenvalue weighted by Crippen LogP contribution is -2.37. The maximum atomic E-state index is 11.6. The number of rotatable bonds is 8. The van der Waals surface area contributed by atoms with Gasteiger partial charge in [-0.2, -0.15) is 0 Å². The lowest BCUT2D eigenvalue weighted by molar-refractivity contribution is 0.311. The van der Waals surface area contributed by atoms with Gasteiger partial charge in [-0.25, -0.2) is 13.1 Å². The van der Waals surface area contributed by atoms with E-state index in [4.69, 9.17) is 10.5 Å². The first kappa shape index (κ1) is 14.9. The zero-order valence-corrected chi connectivity index (χ0v) is 11.3. The van der Waals surface area contributed by atoms with Gasteiger partial charge in [0.15, 0.2) is 0 Å². The third kappa shape index (κ3) is 5.03. The second-order valence-corrected chi connectivity index (χ2v) is 6.18. The van der Waals surface area contributed by atoms with E-state index in [-0.39, 0.29) is 6.54 Å². The Bertz CT molecular complexity index is 434. The van der Waals surface area contributed by atoms with Crippen molar-refractivity contribution >= 4 is 10.0 Å². The Morgan fingerprint density at radius 3 is 2.61 bits per heavy atom. The van der Waals surface area contributed by atoms with E-state index in [0.29, 0.717) is 19.6 Å². The van der Waals surface area contributed by atoms with E-state index in [0.717, 1.165) is 5.75 Å². The molecule has 0 amide bonds. The zero-order chi connectivity index (χ0) is 13.4. The van der Waals surface area contributed by atoms with Crippen molar-refractivity contribution in [1.82, 2.24) is 4.72 Å². The van der Waals surface area contributed by atoms with Gasteiger partial charge in [0.2, 0.25) is 10.0 Å². The molecule has 0 aromatic heterocycles. The van der Waals surface area contributed by atoms with Crippen molar-refractivity contribution in [3.63, 3.8) is 0 Å². The minimum atomic E-state index is -3.29. The van der Waals surface area contributed by atoms with Crippen LogP contribution < -0.4 is 15.2 Å². The van der Waals surface area contributed by atoms with Crippen LogP contribution in [0, 0.1) is 0 Å². The van der Waals surface area contributed by atoms with Crippen molar-refractivity contribution in [3.8, 4) is 5.75 Å². The highest BCUT2D eigenvalue weighted by atomic mass is 32.2. The topological polar surface area (TPSA) is 81.4 Å². The number of hydrogen-bond acceptors (Lipinski definition) is 4. The van der Waals surface area contributed by atoms with Crippen LogP contribution >= 0.6 is 0 Å². The van der Waals surface area contributed by atoms with Gasteiger partial charge in [0.1, 0.15) is 5.75 Å². The van der Waals surface area contributed by atoms with Crippen molar-refractivity contribution in [2.45, 2.75) is 18.6 Å². The van der Waals surface area contributed by atoms with Crippen LogP contribution in [0.15, 0.2) is 30.3 Å². The highest BCUT2D eigenvalue weighted by molar-refractivity contribution is 7.90. The molecule has 1 rings (SSSR count). The Hall–Kier alpha value is -1.11. The predicted molar refractivity (Wildman–Crippen MR) is 72.0 cm³/mol. The summed E-state index contributed by atoms with van der Waals surface area (Å²) in [6.07, 6.45) is 0.616. The van der Waals surface area contributed by atoms with Crippen LogP contribution in [0.5, 0.6) is 5.75 Å². The minimum Gasteiger partial charge on any atom is -0.494 e. The maximum Gasteiger partial charge on any atom is 0.215 e. The van der Waals surface area contributed by atoms with Crippen molar-refractivity contribution in [1.29, 1.82) is 0 Å².